The average Bonchev–Trinajstić information content (AvgIpc) is 3.33. The summed E-state index contributed by atoms with van der Waals surface area (Å²) in [5.41, 5.74) is 4.43. The summed E-state index contributed by atoms with van der Waals surface area (Å²) >= 11 is 1.62. The number of piperazine rings is 1. The first-order chi connectivity index (χ1) is 12.9. The molecule has 2 aliphatic heterocycles. The Balaban J connectivity index is 0.00000112. The largest absolute Gasteiger partial charge is 0.353 e. The van der Waals surface area contributed by atoms with Crippen molar-refractivity contribution in [1.82, 2.24) is 14.6 Å². The number of nitrogens with zero attached hydrogens (tertiary/aromatic N) is 3. The third-order valence-electron chi connectivity index (χ3n) is 5.65. The molecule has 3 aromatic rings. The maximum atomic E-state index is 4.71. The molecular weight excluding hydrogens is 411 g/mol. The van der Waals surface area contributed by atoms with Crippen molar-refractivity contribution in [2.45, 2.75) is 19.5 Å². The van der Waals surface area contributed by atoms with Crippen LogP contribution in [0, 0.1) is 0 Å². The molecule has 0 unspecified atom stereocenters. The fraction of sp³-hybridized carbons (Fsp3) is 0.381. The molecule has 2 aromatic carbocycles. The summed E-state index contributed by atoms with van der Waals surface area (Å²) in [6.45, 7) is 7.60. The first kappa shape index (κ1) is 21.3. The highest BCUT2D eigenvalue weighted by Crippen LogP contribution is 2.29. The number of hydrogen-bond acceptors (Lipinski definition) is 5. The van der Waals surface area contributed by atoms with Crippen LogP contribution in [-0.4, -0.2) is 42.0 Å². The standard InChI is InChI=1S/C21H24N4S.2ClH/c1-2-4-20-19(3-1)21(23-26-20)25-11-9-24(10-12-25)8-7-16-5-6-17-14-22-15-18(17)13-16;;/h1-6,13,22H,7-12,14-15H2;2*1H. The molecule has 0 radical (unpaired) electrons. The van der Waals surface area contributed by atoms with Crippen LogP contribution >= 0.6 is 36.3 Å². The molecule has 1 aromatic heterocycles. The van der Waals surface area contributed by atoms with Gasteiger partial charge in [0.25, 0.3) is 0 Å². The Bertz CT molecular complexity index is 922. The minimum atomic E-state index is 0. The lowest BCUT2D eigenvalue weighted by atomic mass is 10.0. The number of anilines is 1. The zero-order chi connectivity index (χ0) is 17.3. The zero-order valence-corrected chi connectivity index (χ0v) is 18.2. The van der Waals surface area contributed by atoms with Crippen molar-refractivity contribution < 1.29 is 0 Å². The van der Waals surface area contributed by atoms with Gasteiger partial charge in [-0.15, -0.1) is 24.8 Å². The summed E-state index contributed by atoms with van der Waals surface area (Å²) in [5.74, 6) is 1.18. The van der Waals surface area contributed by atoms with Crippen LogP contribution in [0.3, 0.4) is 0 Å². The third-order valence-corrected chi connectivity index (χ3v) is 6.47. The molecule has 7 heteroatoms. The lowest BCUT2D eigenvalue weighted by molar-refractivity contribution is 0.260. The van der Waals surface area contributed by atoms with E-state index < -0.39 is 0 Å². The van der Waals surface area contributed by atoms with Gasteiger partial charge in [-0.3, -0.25) is 4.90 Å². The lowest BCUT2D eigenvalue weighted by Gasteiger charge is -2.35. The first-order valence-electron chi connectivity index (χ1n) is 9.50. The molecule has 5 rings (SSSR count). The van der Waals surface area contributed by atoms with Crippen molar-refractivity contribution in [3.63, 3.8) is 0 Å². The van der Waals surface area contributed by atoms with Crippen molar-refractivity contribution in [3.05, 3.63) is 59.2 Å². The van der Waals surface area contributed by atoms with Gasteiger partial charge < -0.3 is 10.2 Å². The van der Waals surface area contributed by atoms with E-state index in [-0.39, 0.29) is 24.8 Å². The highest BCUT2D eigenvalue weighted by molar-refractivity contribution is 7.13. The van der Waals surface area contributed by atoms with Crippen molar-refractivity contribution in [3.8, 4) is 0 Å². The molecule has 0 amide bonds. The first-order valence-corrected chi connectivity index (χ1v) is 10.3. The van der Waals surface area contributed by atoms with Gasteiger partial charge in [0.15, 0.2) is 0 Å². The molecule has 2 aliphatic rings. The Morgan fingerprint density at radius 3 is 2.57 bits per heavy atom. The van der Waals surface area contributed by atoms with E-state index in [1.165, 1.54) is 32.6 Å². The second kappa shape index (κ2) is 9.42. The van der Waals surface area contributed by atoms with Gasteiger partial charge in [0.05, 0.1) is 4.70 Å². The van der Waals surface area contributed by atoms with Crippen LogP contribution < -0.4 is 10.2 Å². The Morgan fingerprint density at radius 2 is 1.71 bits per heavy atom. The van der Waals surface area contributed by atoms with E-state index in [4.69, 9.17) is 4.37 Å². The van der Waals surface area contributed by atoms with Gasteiger partial charge >= 0.3 is 0 Å². The van der Waals surface area contributed by atoms with Crippen molar-refractivity contribution in [1.29, 1.82) is 0 Å². The number of benzene rings is 2. The monoisotopic (exact) mass is 436 g/mol. The molecule has 1 N–H and O–H groups in total. The van der Waals surface area contributed by atoms with Crippen LogP contribution in [0.2, 0.25) is 0 Å². The van der Waals surface area contributed by atoms with Gasteiger partial charge in [0, 0.05) is 51.2 Å². The van der Waals surface area contributed by atoms with E-state index >= 15 is 0 Å². The molecule has 3 heterocycles. The van der Waals surface area contributed by atoms with Crippen LogP contribution in [0.5, 0.6) is 0 Å². The molecule has 0 atom stereocenters. The minimum absolute atomic E-state index is 0. The Hall–Kier alpha value is -1.37. The zero-order valence-electron chi connectivity index (χ0n) is 15.8. The Labute approximate surface area is 182 Å². The predicted octanol–water partition coefficient (Wildman–Crippen LogP) is 4.11. The normalized spacial score (nSPS) is 16.5. The van der Waals surface area contributed by atoms with Crippen LogP contribution in [0.1, 0.15) is 16.7 Å². The lowest BCUT2D eigenvalue weighted by Crippen LogP contribution is -2.47. The molecule has 0 bridgehead atoms. The van der Waals surface area contributed by atoms with Crippen LogP contribution in [0.15, 0.2) is 42.5 Å². The van der Waals surface area contributed by atoms with Crippen LogP contribution in [0.25, 0.3) is 10.1 Å². The Morgan fingerprint density at radius 1 is 0.929 bits per heavy atom. The van der Waals surface area contributed by atoms with Crippen molar-refractivity contribution in [2.24, 2.45) is 0 Å². The molecule has 1 saturated heterocycles. The molecule has 0 aliphatic carbocycles. The molecular formula is C21H26Cl2N4S. The fourth-order valence-corrected chi connectivity index (χ4v) is 4.87. The van der Waals surface area contributed by atoms with Gasteiger partial charge in [-0.05, 0) is 46.8 Å². The topological polar surface area (TPSA) is 31.4 Å². The molecule has 0 saturated carbocycles. The maximum Gasteiger partial charge on any atom is 0.150 e. The van der Waals surface area contributed by atoms with Gasteiger partial charge in [0.1, 0.15) is 5.82 Å². The summed E-state index contributed by atoms with van der Waals surface area (Å²) in [7, 11) is 0. The van der Waals surface area contributed by atoms with E-state index in [1.54, 1.807) is 11.5 Å². The molecule has 0 spiro atoms. The van der Waals surface area contributed by atoms with E-state index in [0.29, 0.717) is 0 Å². The SMILES string of the molecule is Cl.Cl.c1ccc2c(N3CCN(CCc4ccc5c(c4)CNC5)CC3)nsc2c1. The summed E-state index contributed by atoms with van der Waals surface area (Å²) in [6, 6.07) is 15.6. The summed E-state index contributed by atoms with van der Waals surface area (Å²) in [4.78, 5) is 5.05. The number of rotatable bonds is 4. The second-order valence-electron chi connectivity index (χ2n) is 7.29. The highest BCUT2D eigenvalue weighted by Gasteiger charge is 2.20. The van der Waals surface area contributed by atoms with Crippen molar-refractivity contribution >= 4 is 52.3 Å². The predicted molar refractivity (Wildman–Crippen MR) is 123 cm³/mol. The molecule has 1 fully saturated rings. The summed E-state index contributed by atoms with van der Waals surface area (Å²) in [5, 5.41) is 4.73. The van der Waals surface area contributed by atoms with E-state index in [0.717, 1.165) is 52.2 Å². The van der Waals surface area contributed by atoms with E-state index in [9.17, 15) is 0 Å². The van der Waals surface area contributed by atoms with Gasteiger partial charge in [-0.1, -0.05) is 30.3 Å². The van der Waals surface area contributed by atoms with E-state index in [1.807, 2.05) is 0 Å². The quantitative estimate of drug-likeness (QED) is 0.666. The molecule has 150 valence electrons. The minimum Gasteiger partial charge on any atom is -0.353 e. The second-order valence-corrected chi connectivity index (χ2v) is 8.09. The van der Waals surface area contributed by atoms with Gasteiger partial charge in [0.2, 0.25) is 0 Å². The highest BCUT2D eigenvalue weighted by atomic mass is 35.5. The summed E-state index contributed by atoms with van der Waals surface area (Å²) < 4.78 is 6.00. The van der Waals surface area contributed by atoms with Gasteiger partial charge in [-0.25, -0.2) is 0 Å². The van der Waals surface area contributed by atoms with Crippen LogP contribution in [-0.2, 0) is 19.5 Å². The number of aromatic nitrogens is 1. The van der Waals surface area contributed by atoms with Gasteiger partial charge in [-0.2, -0.15) is 4.37 Å². The third kappa shape index (κ3) is 4.29. The molecule has 28 heavy (non-hydrogen) atoms. The number of nitrogens with one attached hydrogen (secondary N) is 1. The smallest absolute Gasteiger partial charge is 0.150 e. The van der Waals surface area contributed by atoms with Crippen LogP contribution in [0.4, 0.5) is 5.82 Å². The number of fused-ring (bicyclic) bond motifs is 2. The number of hydrogen-bond donors (Lipinski definition) is 1. The summed E-state index contributed by atoms with van der Waals surface area (Å²) in [6.07, 6.45) is 1.15. The average molecular weight is 437 g/mol. The van der Waals surface area contributed by atoms with E-state index in [2.05, 4.69) is 57.6 Å². The Kier molecular flexibility index (Phi) is 7.18. The molecule has 4 nitrogen and oxygen atoms in total. The number of halogens is 2. The fourth-order valence-electron chi connectivity index (χ4n) is 4.07. The van der Waals surface area contributed by atoms with Crippen molar-refractivity contribution in [2.75, 3.05) is 37.6 Å². The maximum absolute atomic E-state index is 4.71.